The molecule has 0 fully saturated rings. The summed E-state index contributed by atoms with van der Waals surface area (Å²) in [6.07, 6.45) is 1.54. The van der Waals surface area contributed by atoms with Crippen LogP contribution in [0.5, 0.6) is 0 Å². The fourth-order valence-corrected chi connectivity index (χ4v) is 3.02. The lowest BCUT2D eigenvalue weighted by Gasteiger charge is -2.06. The van der Waals surface area contributed by atoms with Crippen LogP contribution in [0.2, 0.25) is 0 Å². The van der Waals surface area contributed by atoms with E-state index in [0.717, 1.165) is 6.07 Å². The van der Waals surface area contributed by atoms with Crippen LogP contribution >= 0.6 is 0 Å². The van der Waals surface area contributed by atoms with Crippen LogP contribution in [0.3, 0.4) is 0 Å². The summed E-state index contributed by atoms with van der Waals surface area (Å²) in [5.41, 5.74) is 0.327. The molecule has 6 nitrogen and oxygen atoms in total. The number of carboxylic acid groups (broad SMARTS) is 1. The number of benzene rings is 1. The number of aromatic nitrogens is 1. The number of hydrogen-bond acceptors (Lipinski definition) is 4. The van der Waals surface area contributed by atoms with Crippen molar-refractivity contribution in [3.63, 3.8) is 0 Å². The van der Waals surface area contributed by atoms with Crippen molar-refractivity contribution in [2.75, 3.05) is 12.4 Å². The standard InChI is InChI=1S/C11H11NO5S/c13-3-4-18(16,17)10-6-7(11(14)15)5-9-8(10)1-2-12-9/h1-2,5-6,12-13H,3-4H2,(H,14,15). The van der Waals surface area contributed by atoms with E-state index < -0.39 is 28.2 Å². The van der Waals surface area contributed by atoms with Crippen LogP contribution in [0.25, 0.3) is 10.9 Å². The minimum atomic E-state index is -3.70. The molecule has 0 amide bonds. The summed E-state index contributed by atoms with van der Waals surface area (Å²) >= 11 is 0. The van der Waals surface area contributed by atoms with Crippen molar-refractivity contribution >= 4 is 26.7 Å². The molecule has 0 aliphatic heterocycles. The Bertz CT molecular complexity index is 701. The average molecular weight is 269 g/mol. The van der Waals surface area contributed by atoms with Crippen molar-refractivity contribution in [3.05, 3.63) is 30.0 Å². The Kier molecular flexibility index (Phi) is 3.10. The van der Waals surface area contributed by atoms with E-state index in [1.54, 1.807) is 6.07 Å². The van der Waals surface area contributed by atoms with E-state index in [2.05, 4.69) is 4.98 Å². The van der Waals surface area contributed by atoms with Gasteiger partial charge in [0.2, 0.25) is 0 Å². The van der Waals surface area contributed by atoms with Crippen LogP contribution in [0.1, 0.15) is 10.4 Å². The van der Waals surface area contributed by atoms with Crippen LogP contribution < -0.4 is 0 Å². The minimum Gasteiger partial charge on any atom is -0.478 e. The van der Waals surface area contributed by atoms with E-state index in [4.69, 9.17) is 10.2 Å². The largest absolute Gasteiger partial charge is 0.478 e. The quantitative estimate of drug-likeness (QED) is 0.754. The second-order valence-electron chi connectivity index (χ2n) is 3.76. The van der Waals surface area contributed by atoms with Crippen molar-refractivity contribution in [1.82, 2.24) is 4.98 Å². The van der Waals surface area contributed by atoms with Gasteiger partial charge in [-0.25, -0.2) is 13.2 Å². The number of hydrogen-bond donors (Lipinski definition) is 3. The van der Waals surface area contributed by atoms with Gasteiger partial charge in [0.05, 0.1) is 22.8 Å². The van der Waals surface area contributed by atoms with Crippen LogP contribution in [-0.2, 0) is 9.84 Å². The number of fused-ring (bicyclic) bond motifs is 1. The number of carboxylic acids is 1. The van der Waals surface area contributed by atoms with E-state index in [9.17, 15) is 13.2 Å². The zero-order chi connectivity index (χ0) is 13.3. The first-order valence-electron chi connectivity index (χ1n) is 5.14. The van der Waals surface area contributed by atoms with Gasteiger partial charge < -0.3 is 15.2 Å². The van der Waals surface area contributed by atoms with Crippen molar-refractivity contribution < 1.29 is 23.4 Å². The molecule has 1 aromatic carbocycles. The molecule has 18 heavy (non-hydrogen) atoms. The highest BCUT2D eigenvalue weighted by Crippen LogP contribution is 2.25. The number of sulfone groups is 1. The van der Waals surface area contributed by atoms with Crippen molar-refractivity contribution in [2.45, 2.75) is 4.90 Å². The lowest BCUT2D eigenvalue weighted by atomic mass is 10.1. The molecule has 0 bridgehead atoms. The van der Waals surface area contributed by atoms with Gasteiger partial charge in [0, 0.05) is 17.1 Å². The normalized spacial score (nSPS) is 11.8. The molecule has 0 atom stereocenters. The maximum absolute atomic E-state index is 12.0. The molecule has 0 aliphatic rings. The predicted molar refractivity (Wildman–Crippen MR) is 64.4 cm³/mol. The van der Waals surface area contributed by atoms with Gasteiger partial charge in [-0.15, -0.1) is 0 Å². The Morgan fingerprint density at radius 2 is 2.06 bits per heavy atom. The average Bonchev–Trinajstić information content (AvgIpc) is 2.74. The van der Waals surface area contributed by atoms with Gasteiger partial charge >= 0.3 is 5.97 Å². The zero-order valence-corrected chi connectivity index (χ0v) is 10.1. The Labute approximate surface area is 103 Å². The van der Waals surface area contributed by atoms with E-state index in [1.807, 2.05) is 0 Å². The molecule has 0 saturated carbocycles. The molecule has 0 unspecified atom stereocenters. The lowest BCUT2D eigenvalue weighted by molar-refractivity contribution is 0.0697. The Balaban J connectivity index is 2.75. The van der Waals surface area contributed by atoms with Crippen LogP contribution in [0.4, 0.5) is 0 Å². The molecule has 0 saturated heterocycles. The minimum absolute atomic E-state index is 0.0762. The summed E-state index contributed by atoms with van der Waals surface area (Å²) in [7, 11) is -3.70. The van der Waals surface area contributed by atoms with E-state index >= 15 is 0 Å². The molecule has 1 aromatic heterocycles. The lowest BCUT2D eigenvalue weighted by Crippen LogP contribution is -2.11. The molecule has 7 heteroatoms. The molecule has 2 rings (SSSR count). The maximum atomic E-state index is 12.0. The first-order chi connectivity index (χ1) is 8.45. The number of aliphatic hydroxyl groups excluding tert-OH is 1. The van der Waals surface area contributed by atoms with Crippen LogP contribution in [0, 0.1) is 0 Å². The summed E-state index contributed by atoms with van der Waals surface area (Å²) in [5.74, 6) is -1.64. The van der Waals surface area contributed by atoms with Gasteiger partial charge in [-0.1, -0.05) is 0 Å². The number of aliphatic hydroxyl groups is 1. The molecular weight excluding hydrogens is 258 g/mol. The van der Waals surface area contributed by atoms with Crippen molar-refractivity contribution in [3.8, 4) is 0 Å². The Hall–Kier alpha value is -1.86. The molecular formula is C11H11NO5S. The van der Waals surface area contributed by atoms with Gasteiger partial charge in [0.25, 0.3) is 0 Å². The van der Waals surface area contributed by atoms with Crippen molar-refractivity contribution in [1.29, 1.82) is 0 Å². The smallest absolute Gasteiger partial charge is 0.335 e. The molecule has 1 heterocycles. The number of aromatic carboxylic acids is 1. The third-order valence-electron chi connectivity index (χ3n) is 2.57. The summed E-state index contributed by atoms with van der Waals surface area (Å²) < 4.78 is 23.9. The molecule has 0 radical (unpaired) electrons. The summed E-state index contributed by atoms with van der Waals surface area (Å²) in [5, 5.41) is 18.1. The fraction of sp³-hybridized carbons (Fsp3) is 0.182. The molecule has 3 N–H and O–H groups in total. The fourth-order valence-electron chi connectivity index (χ4n) is 1.74. The predicted octanol–water partition coefficient (Wildman–Crippen LogP) is 0.632. The van der Waals surface area contributed by atoms with E-state index in [0.29, 0.717) is 10.9 Å². The topological polar surface area (TPSA) is 107 Å². The second kappa shape index (κ2) is 4.43. The number of rotatable bonds is 4. The SMILES string of the molecule is O=C(O)c1cc(S(=O)(=O)CCO)c2cc[nH]c2c1. The van der Waals surface area contributed by atoms with Gasteiger partial charge in [-0.3, -0.25) is 0 Å². The van der Waals surface area contributed by atoms with Crippen molar-refractivity contribution in [2.24, 2.45) is 0 Å². The van der Waals surface area contributed by atoms with Crippen LogP contribution in [-0.4, -0.2) is 41.9 Å². The third kappa shape index (κ3) is 2.09. The second-order valence-corrected chi connectivity index (χ2v) is 5.84. The third-order valence-corrected chi connectivity index (χ3v) is 4.30. The number of H-pyrrole nitrogens is 1. The van der Waals surface area contributed by atoms with Crippen LogP contribution in [0.15, 0.2) is 29.3 Å². The molecule has 0 aliphatic carbocycles. The van der Waals surface area contributed by atoms with Gasteiger partial charge in [0.15, 0.2) is 9.84 Å². The van der Waals surface area contributed by atoms with E-state index in [-0.39, 0.29) is 10.5 Å². The summed E-state index contributed by atoms with van der Waals surface area (Å²) in [4.78, 5) is 13.6. The van der Waals surface area contributed by atoms with Gasteiger partial charge in [-0.05, 0) is 18.2 Å². The Morgan fingerprint density at radius 1 is 1.33 bits per heavy atom. The molecule has 0 spiro atoms. The van der Waals surface area contributed by atoms with Gasteiger partial charge in [-0.2, -0.15) is 0 Å². The first kappa shape index (κ1) is 12.6. The monoisotopic (exact) mass is 269 g/mol. The maximum Gasteiger partial charge on any atom is 0.335 e. The number of carbonyl (C=O) groups is 1. The highest BCUT2D eigenvalue weighted by molar-refractivity contribution is 7.91. The zero-order valence-electron chi connectivity index (χ0n) is 9.25. The first-order valence-corrected chi connectivity index (χ1v) is 6.79. The molecule has 96 valence electrons. The number of nitrogens with one attached hydrogen (secondary N) is 1. The summed E-state index contributed by atoms with van der Waals surface area (Å²) in [6.45, 7) is -0.508. The summed E-state index contributed by atoms with van der Waals surface area (Å²) in [6, 6.07) is 4.05. The highest BCUT2D eigenvalue weighted by Gasteiger charge is 2.20. The van der Waals surface area contributed by atoms with E-state index in [1.165, 1.54) is 12.3 Å². The highest BCUT2D eigenvalue weighted by atomic mass is 32.2. The Morgan fingerprint density at radius 3 is 2.67 bits per heavy atom. The van der Waals surface area contributed by atoms with Gasteiger partial charge in [0.1, 0.15) is 0 Å². The molecule has 2 aromatic rings. The number of aromatic amines is 1.